The number of benzene rings is 2. The zero-order valence-corrected chi connectivity index (χ0v) is 13.2. The summed E-state index contributed by atoms with van der Waals surface area (Å²) in [7, 11) is 0. The number of rotatable bonds is 6. The van der Waals surface area contributed by atoms with E-state index in [9.17, 15) is 9.18 Å². The Morgan fingerprint density at radius 1 is 1.23 bits per heavy atom. The van der Waals surface area contributed by atoms with Crippen LogP contribution in [0.3, 0.4) is 0 Å². The van der Waals surface area contributed by atoms with Gasteiger partial charge in [-0.1, -0.05) is 22.0 Å². The molecule has 0 atom stereocenters. The molecule has 0 bridgehead atoms. The van der Waals surface area contributed by atoms with Gasteiger partial charge in [0.1, 0.15) is 18.2 Å². The molecule has 2 aromatic carbocycles. The van der Waals surface area contributed by atoms with E-state index in [1.54, 1.807) is 24.3 Å². The SMILES string of the molecule is O=C(/C=C/c1ccc(OCCO)cc1Br)c1ccc(F)cc1. The molecule has 0 radical (unpaired) electrons. The van der Waals surface area contributed by atoms with E-state index in [0.29, 0.717) is 11.3 Å². The van der Waals surface area contributed by atoms with Crippen molar-refractivity contribution < 1.29 is 19.0 Å². The third-order valence-corrected chi connectivity index (χ3v) is 3.56. The van der Waals surface area contributed by atoms with E-state index >= 15 is 0 Å². The summed E-state index contributed by atoms with van der Waals surface area (Å²) in [5.74, 6) is 0.0529. The summed E-state index contributed by atoms with van der Waals surface area (Å²) >= 11 is 3.40. The number of carbonyl (C=O) groups is 1. The molecule has 22 heavy (non-hydrogen) atoms. The number of hydrogen-bond acceptors (Lipinski definition) is 3. The van der Waals surface area contributed by atoms with Gasteiger partial charge in [-0.2, -0.15) is 0 Å². The molecule has 2 rings (SSSR count). The molecule has 0 heterocycles. The highest BCUT2D eigenvalue weighted by molar-refractivity contribution is 9.10. The average Bonchev–Trinajstić information content (AvgIpc) is 2.52. The van der Waals surface area contributed by atoms with E-state index in [0.717, 1.165) is 10.0 Å². The molecule has 3 nitrogen and oxygen atoms in total. The largest absolute Gasteiger partial charge is 0.491 e. The number of carbonyl (C=O) groups excluding carboxylic acids is 1. The van der Waals surface area contributed by atoms with Crippen LogP contribution in [0.1, 0.15) is 15.9 Å². The van der Waals surface area contributed by atoms with Gasteiger partial charge in [0.25, 0.3) is 0 Å². The van der Waals surface area contributed by atoms with Crippen molar-refractivity contribution in [3.63, 3.8) is 0 Å². The van der Waals surface area contributed by atoms with Crippen LogP contribution in [0.2, 0.25) is 0 Å². The van der Waals surface area contributed by atoms with Crippen molar-refractivity contribution in [2.24, 2.45) is 0 Å². The Kier molecular flexibility index (Phi) is 5.86. The molecular formula is C17H14BrFO3. The molecule has 1 N–H and O–H groups in total. The van der Waals surface area contributed by atoms with Crippen molar-refractivity contribution in [1.82, 2.24) is 0 Å². The molecule has 0 spiro atoms. The number of ether oxygens (including phenoxy) is 1. The zero-order chi connectivity index (χ0) is 15.9. The van der Waals surface area contributed by atoms with Gasteiger partial charge in [0.15, 0.2) is 5.78 Å². The molecule has 0 amide bonds. The minimum atomic E-state index is -0.373. The maximum Gasteiger partial charge on any atom is 0.185 e. The highest BCUT2D eigenvalue weighted by Gasteiger charge is 2.03. The summed E-state index contributed by atoms with van der Waals surface area (Å²) in [6, 6.07) is 10.7. The maximum atomic E-state index is 12.8. The third-order valence-electron chi connectivity index (χ3n) is 2.87. The number of hydrogen-bond donors (Lipinski definition) is 1. The molecular weight excluding hydrogens is 351 g/mol. The van der Waals surface area contributed by atoms with E-state index in [1.807, 2.05) is 0 Å². The first kappa shape index (κ1) is 16.4. The van der Waals surface area contributed by atoms with Crippen LogP contribution < -0.4 is 4.74 Å². The maximum absolute atomic E-state index is 12.8. The lowest BCUT2D eigenvalue weighted by molar-refractivity contribution is 0.104. The Morgan fingerprint density at radius 2 is 1.95 bits per heavy atom. The van der Waals surface area contributed by atoms with E-state index in [-0.39, 0.29) is 24.8 Å². The van der Waals surface area contributed by atoms with Crippen LogP contribution in [0.5, 0.6) is 5.75 Å². The Balaban J connectivity index is 2.09. The predicted molar refractivity (Wildman–Crippen MR) is 86.5 cm³/mol. The van der Waals surface area contributed by atoms with Crippen LogP contribution in [0.15, 0.2) is 53.0 Å². The molecule has 0 fully saturated rings. The molecule has 2 aromatic rings. The molecule has 0 unspecified atom stereocenters. The number of aliphatic hydroxyl groups is 1. The molecule has 0 aliphatic heterocycles. The first-order valence-electron chi connectivity index (χ1n) is 6.61. The van der Waals surface area contributed by atoms with Crippen molar-refractivity contribution in [1.29, 1.82) is 0 Å². The zero-order valence-electron chi connectivity index (χ0n) is 11.6. The molecule has 0 saturated carbocycles. The van der Waals surface area contributed by atoms with Crippen LogP contribution in [-0.4, -0.2) is 24.1 Å². The minimum absolute atomic E-state index is 0.0502. The van der Waals surface area contributed by atoms with Gasteiger partial charge in [0.2, 0.25) is 0 Å². The van der Waals surface area contributed by atoms with Crippen LogP contribution in [-0.2, 0) is 0 Å². The second kappa shape index (κ2) is 7.87. The fourth-order valence-electron chi connectivity index (χ4n) is 1.77. The van der Waals surface area contributed by atoms with Gasteiger partial charge in [0.05, 0.1) is 6.61 Å². The quantitative estimate of drug-likeness (QED) is 0.625. The average molecular weight is 365 g/mol. The Morgan fingerprint density at radius 3 is 2.59 bits per heavy atom. The fourth-order valence-corrected chi connectivity index (χ4v) is 2.26. The summed E-state index contributed by atoms with van der Waals surface area (Å²) in [5.41, 5.74) is 1.24. The normalized spacial score (nSPS) is 10.9. The van der Waals surface area contributed by atoms with Gasteiger partial charge < -0.3 is 9.84 Å². The summed E-state index contributed by atoms with van der Waals surface area (Å²) in [6.45, 7) is 0.177. The van der Waals surface area contributed by atoms with Crippen molar-refractivity contribution in [3.8, 4) is 5.75 Å². The lowest BCUT2D eigenvalue weighted by Crippen LogP contribution is -2.01. The lowest BCUT2D eigenvalue weighted by atomic mass is 10.1. The molecule has 5 heteroatoms. The number of allylic oxidation sites excluding steroid dienone is 1. The first-order chi connectivity index (χ1) is 10.6. The van der Waals surface area contributed by atoms with E-state index < -0.39 is 0 Å². The molecule has 0 aliphatic rings. The van der Waals surface area contributed by atoms with Crippen molar-refractivity contribution in [3.05, 3.63) is 70.0 Å². The molecule has 0 aromatic heterocycles. The van der Waals surface area contributed by atoms with E-state index in [1.165, 1.54) is 30.3 Å². The van der Waals surface area contributed by atoms with Crippen LogP contribution in [0.25, 0.3) is 6.08 Å². The van der Waals surface area contributed by atoms with Gasteiger partial charge in [-0.25, -0.2) is 4.39 Å². The number of aliphatic hydroxyl groups excluding tert-OH is 1. The second-order valence-electron chi connectivity index (χ2n) is 4.46. The smallest absolute Gasteiger partial charge is 0.185 e. The van der Waals surface area contributed by atoms with E-state index in [4.69, 9.17) is 9.84 Å². The highest BCUT2D eigenvalue weighted by atomic mass is 79.9. The van der Waals surface area contributed by atoms with E-state index in [2.05, 4.69) is 15.9 Å². The summed E-state index contributed by atoms with van der Waals surface area (Å²) in [5, 5.41) is 8.71. The van der Waals surface area contributed by atoms with Crippen molar-refractivity contribution in [2.75, 3.05) is 13.2 Å². The summed E-state index contributed by atoms with van der Waals surface area (Å²) in [6.07, 6.45) is 3.10. The minimum Gasteiger partial charge on any atom is -0.491 e. The Bertz CT molecular complexity index is 681. The Labute approximate surface area is 136 Å². The molecule has 0 aliphatic carbocycles. The standard InChI is InChI=1S/C17H14BrFO3/c18-16-11-15(22-10-9-20)7-3-12(16)4-8-17(21)13-1-5-14(19)6-2-13/h1-8,11,20H,9-10H2/b8-4+. The summed E-state index contributed by atoms with van der Waals surface area (Å²) in [4.78, 5) is 12.0. The number of ketones is 1. The van der Waals surface area contributed by atoms with Crippen LogP contribution in [0.4, 0.5) is 4.39 Å². The first-order valence-corrected chi connectivity index (χ1v) is 7.40. The van der Waals surface area contributed by atoms with Gasteiger partial charge >= 0.3 is 0 Å². The van der Waals surface area contributed by atoms with Gasteiger partial charge in [-0.05, 0) is 54.1 Å². The van der Waals surface area contributed by atoms with Gasteiger partial charge in [0, 0.05) is 10.0 Å². The van der Waals surface area contributed by atoms with Gasteiger partial charge in [-0.15, -0.1) is 0 Å². The van der Waals surface area contributed by atoms with Crippen LogP contribution in [0, 0.1) is 5.82 Å². The summed E-state index contributed by atoms with van der Waals surface area (Å²) < 4.78 is 18.9. The van der Waals surface area contributed by atoms with Crippen molar-refractivity contribution in [2.45, 2.75) is 0 Å². The second-order valence-corrected chi connectivity index (χ2v) is 5.31. The predicted octanol–water partition coefficient (Wildman–Crippen LogP) is 3.86. The van der Waals surface area contributed by atoms with Crippen LogP contribution >= 0.6 is 15.9 Å². The highest BCUT2D eigenvalue weighted by Crippen LogP contribution is 2.24. The molecule has 114 valence electrons. The topological polar surface area (TPSA) is 46.5 Å². The molecule has 0 saturated heterocycles. The fraction of sp³-hybridized carbons (Fsp3) is 0.118. The monoisotopic (exact) mass is 364 g/mol. The third kappa shape index (κ3) is 4.51. The van der Waals surface area contributed by atoms with Crippen molar-refractivity contribution >= 4 is 27.8 Å². The number of halogens is 2. The van der Waals surface area contributed by atoms with Gasteiger partial charge in [-0.3, -0.25) is 4.79 Å². The Hall–Kier alpha value is -1.98. The lowest BCUT2D eigenvalue weighted by Gasteiger charge is -2.06.